The summed E-state index contributed by atoms with van der Waals surface area (Å²) in [6.45, 7) is 5.66. The molecule has 4 rings (SSSR count). The lowest BCUT2D eigenvalue weighted by molar-refractivity contribution is -0.316. The van der Waals surface area contributed by atoms with Crippen molar-refractivity contribution in [1.82, 2.24) is 0 Å². The van der Waals surface area contributed by atoms with Crippen LogP contribution in [0.25, 0.3) is 0 Å². The first kappa shape index (κ1) is 18.2. The molecule has 0 unspecified atom stereocenters. The number of fused-ring (bicyclic) bond motifs is 5. The maximum atomic E-state index is 11.4. The first-order chi connectivity index (χ1) is 11.9. The highest BCUT2D eigenvalue weighted by molar-refractivity contribution is 5.13. The van der Waals surface area contributed by atoms with Crippen LogP contribution in [0.5, 0.6) is 0 Å². The van der Waals surface area contributed by atoms with Crippen LogP contribution in [0.1, 0.15) is 78.1 Å². The van der Waals surface area contributed by atoms with Gasteiger partial charge in [-0.2, -0.15) is 0 Å². The molecule has 2 N–H and O–H groups in total. The Labute approximate surface area is 152 Å². The molecule has 0 amide bonds. The van der Waals surface area contributed by atoms with Gasteiger partial charge < -0.3 is 10.2 Å². The molecule has 4 aliphatic carbocycles. The van der Waals surface area contributed by atoms with Crippen molar-refractivity contribution in [2.24, 2.45) is 28.6 Å². The molecule has 4 aliphatic rings. The standard InChI is InChI=1S/C21H36O4/c1-3-24-25-14-20-9-4-5-18(20)16-7-12-21(23)13-15(22)6-10-19(21,2)17(16)8-11-20/h15-18,22-23H,3-14H2,1-2H3/t15-,16+,17-,18-,19+,20-,21+/m0/s1. The van der Waals surface area contributed by atoms with E-state index >= 15 is 0 Å². The van der Waals surface area contributed by atoms with Crippen LogP contribution < -0.4 is 0 Å². The molecule has 144 valence electrons. The Kier molecular flexibility index (Phi) is 4.71. The Morgan fingerprint density at radius 1 is 0.960 bits per heavy atom. The first-order valence-electron chi connectivity index (χ1n) is 10.6. The number of aliphatic hydroxyl groups is 2. The van der Waals surface area contributed by atoms with Crippen LogP contribution in [0, 0.1) is 28.6 Å². The number of hydrogen-bond acceptors (Lipinski definition) is 4. The molecule has 0 radical (unpaired) electrons. The second-order valence-corrected chi connectivity index (χ2v) is 9.72. The maximum Gasteiger partial charge on any atom is 0.0881 e. The molecule has 0 aliphatic heterocycles. The predicted molar refractivity (Wildman–Crippen MR) is 95.7 cm³/mol. The third-order valence-electron chi connectivity index (χ3n) is 8.85. The van der Waals surface area contributed by atoms with Crippen LogP contribution in [0.4, 0.5) is 0 Å². The molecule has 0 saturated heterocycles. The molecule has 0 aromatic carbocycles. The van der Waals surface area contributed by atoms with Gasteiger partial charge in [-0.3, -0.25) is 0 Å². The van der Waals surface area contributed by atoms with Gasteiger partial charge in [-0.05, 0) is 81.5 Å². The maximum absolute atomic E-state index is 11.4. The lowest BCUT2D eigenvalue weighted by atomic mass is 9.43. The molecule has 4 saturated carbocycles. The van der Waals surface area contributed by atoms with Crippen molar-refractivity contribution in [2.75, 3.05) is 13.2 Å². The van der Waals surface area contributed by atoms with Gasteiger partial charge in [0, 0.05) is 11.8 Å². The van der Waals surface area contributed by atoms with Crippen LogP contribution in [0.2, 0.25) is 0 Å². The van der Waals surface area contributed by atoms with Crippen molar-refractivity contribution in [2.45, 2.75) is 89.8 Å². The lowest BCUT2D eigenvalue weighted by Crippen LogP contribution is -2.63. The summed E-state index contributed by atoms with van der Waals surface area (Å²) in [7, 11) is 0. The van der Waals surface area contributed by atoms with E-state index in [1.165, 1.54) is 32.1 Å². The van der Waals surface area contributed by atoms with Gasteiger partial charge in [0.15, 0.2) is 0 Å². The molecule has 0 heterocycles. The molecule has 4 fully saturated rings. The van der Waals surface area contributed by atoms with E-state index < -0.39 is 5.60 Å². The van der Waals surface area contributed by atoms with E-state index in [-0.39, 0.29) is 11.5 Å². The molecule has 0 spiro atoms. The molecule has 7 atom stereocenters. The number of aliphatic hydroxyl groups excluding tert-OH is 1. The van der Waals surface area contributed by atoms with Crippen LogP contribution in [0.3, 0.4) is 0 Å². The van der Waals surface area contributed by atoms with Gasteiger partial charge in [-0.15, -0.1) is 0 Å². The highest BCUT2D eigenvalue weighted by atomic mass is 17.2. The van der Waals surface area contributed by atoms with Crippen molar-refractivity contribution >= 4 is 0 Å². The van der Waals surface area contributed by atoms with Gasteiger partial charge in [0.1, 0.15) is 0 Å². The van der Waals surface area contributed by atoms with Crippen LogP contribution in [-0.2, 0) is 9.78 Å². The average molecular weight is 353 g/mol. The number of rotatable bonds is 4. The zero-order valence-electron chi connectivity index (χ0n) is 16.0. The molecule has 4 heteroatoms. The Balaban J connectivity index is 1.57. The second-order valence-electron chi connectivity index (χ2n) is 9.72. The Hall–Kier alpha value is -0.160. The van der Waals surface area contributed by atoms with E-state index in [2.05, 4.69) is 6.92 Å². The predicted octanol–water partition coefficient (Wildman–Crippen LogP) is 3.84. The first-order valence-corrected chi connectivity index (χ1v) is 10.6. The third kappa shape index (κ3) is 2.70. The Morgan fingerprint density at radius 3 is 2.60 bits per heavy atom. The smallest absolute Gasteiger partial charge is 0.0881 e. The van der Waals surface area contributed by atoms with E-state index in [1.807, 2.05) is 6.92 Å². The summed E-state index contributed by atoms with van der Waals surface area (Å²) in [6.07, 6.45) is 10.4. The van der Waals surface area contributed by atoms with Crippen LogP contribution in [-0.4, -0.2) is 35.1 Å². The summed E-state index contributed by atoms with van der Waals surface area (Å²) in [5, 5.41) is 21.6. The topological polar surface area (TPSA) is 58.9 Å². The lowest BCUT2D eigenvalue weighted by Gasteiger charge is -2.63. The molecule has 0 aromatic heterocycles. The van der Waals surface area contributed by atoms with Gasteiger partial charge in [0.25, 0.3) is 0 Å². The van der Waals surface area contributed by atoms with Gasteiger partial charge in [-0.1, -0.05) is 13.3 Å². The molecule has 4 nitrogen and oxygen atoms in total. The fraction of sp³-hybridized carbons (Fsp3) is 1.00. The summed E-state index contributed by atoms with van der Waals surface area (Å²) < 4.78 is 0. The molecule has 0 bridgehead atoms. The van der Waals surface area contributed by atoms with E-state index in [1.54, 1.807) is 0 Å². The quantitative estimate of drug-likeness (QED) is 0.458. The van der Waals surface area contributed by atoms with Crippen molar-refractivity contribution < 1.29 is 20.0 Å². The SMILES string of the molecule is CCOOC[C@@]12CCC[C@H]1[C@@H]1CC[C@@]3(O)C[C@@H](O)CC[C@]3(C)[C@H]1CC2. The van der Waals surface area contributed by atoms with Crippen LogP contribution >= 0.6 is 0 Å². The zero-order valence-corrected chi connectivity index (χ0v) is 16.0. The third-order valence-corrected chi connectivity index (χ3v) is 8.85. The molecule has 25 heavy (non-hydrogen) atoms. The average Bonchev–Trinajstić information content (AvgIpc) is 3.00. The van der Waals surface area contributed by atoms with E-state index in [0.29, 0.717) is 30.3 Å². The largest absolute Gasteiger partial charge is 0.393 e. The normalized spacial score (nSPS) is 52.3. The fourth-order valence-electron chi connectivity index (χ4n) is 7.52. The molecule has 0 aromatic rings. The Morgan fingerprint density at radius 2 is 1.80 bits per heavy atom. The second kappa shape index (κ2) is 6.47. The fourth-order valence-corrected chi connectivity index (χ4v) is 7.52. The minimum absolute atomic E-state index is 0.0231. The molecular weight excluding hydrogens is 316 g/mol. The van der Waals surface area contributed by atoms with E-state index in [9.17, 15) is 10.2 Å². The minimum Gasteiger partial charge on any atom is -0.393 e. The van der Waals surface area contributed by atoms with Gasteiger partial charge in [-0.25, -0.2) is 9.78 Å². The highest BCUT2D eigenvalue weighted by Crippen LogP contribution is 2.67. The summed E-state index contributed by atoms with van der Waals surface area (Å²) in [6, 6.07) is 0. The van der Waals surface area contributed by atoms with Crippen molar-refractivity contribution in [1.29, 1.82) is 0 Å². The van der Waals surface area contributed by atoms with Gasteiger partial charge >= 0.3 is 0 Å². The summed E-state index contributed by atoms with van der Waals surface area (Å²) in [5.41, 5.74) is -0.382. The van der Waals surface area contributed by atoms with E-state index in [4.69, 9.17) is 9.78 Å². The number of hydrogen-bond donors (Lipinski definition) is 2. The van der Waals surface area contributed by atoms with Crippen molar-refractivity contribution in [3.63, 3.8) is 0 Å². The molecular formula is C21H36O4. The van der Waals surface area contributed by atoms with Gasteiger partial charge in [0.05, 0.1) is 24.9 Å². The van der Waals surface area contributed by atoms with Crippen molar-refractivity contribution in [3.05, 3.63) is 0 Å². The monoisotopic (exact) mass is 352 g/mol. The van der Waals surface area contributed by atoms with E-state index in [0.717, 1.165) is 38.2 Å². The highest BCUT2D eigenvalue weighted by Gasteiger charge is 2.63. The van der Waals surface area contributed by atoms with Crippen LogP contribution in [0.15, 0.2) is 0 Å². The Bertz CT molecular complexity index is 496. The van der Waals surface area contributed by atoms with Crippen molar-refractivity contribution in [3.8, 4) is 0 Å². The summed E-state index contributed by atoms with van der Waals surface area (Å²) in [4.78, 5) is 10.8. The summed E-state index contributed by atoms with van der Waals surface area (Å²) in [5.74, 6) is 2.03. The summed E-state index contributed by atoms with van der Waals surface area (Å²) >= 11 is 0. The minimum atomic E-state index is -0.660. The van der Waals surface area contributed by atoms with Gasteiger partial charge in [0.2, 0.25) is 0 Å². The zero-order chi connectivity index (χ0) is 17.7.